The van der Waals surface area contributed by atoms with Crippen molar-refractivity contribution >= 4 is 22.9 Å². The van der Waals surface area contributed by atoms with E-state index in [1.54, 1.807) is 17.5 Å². The van der Waals surface area contributed by atoms with Crippen molar-refractivity contribution in [3.63, 3.8) is 0 Å². The molecule has 0 aliphatic rings. The molecule has 140 valence electrons. The number of hydrogen-bond acceptors (Lipinski definition) is 4. The Morgan fingerprint density at radius 2 is 1.85 bits per heavy atom. The molecule has 10 heteroatoms. The first-order chi connectivity index (χ1) is 12.8. The summed E-state index contributed by atoms with van der Waals surface area (Å²) in [7, 11) is 0. The predicted octanol–water partition coefficient (Wildman–Crippen LogP) is 2.92. The van der Waals surface area contributed by atoms with Gasteiger partial charge >= 0.3 is 11.9 Å². The number of amides is 1. The van der Waals surface area contributed by atoms with Gasteiger partial charge in [0.1, 0.15) is 5.56 Å². The van der Waals surface area contributed by atoms with Crippen molar-refractivity contribution in [3.8, 4) is 0 Å². The van der Waals surface area contributed by atoms with Gasteiger partial charge in [-0.2, -0.15) is 13.2 Å². The summed E-state index contributed by atoms with van der Waals surface area (Å²) in [6, 6.07) is 7.30. The van der Waals surface area contributed by atoms with E-state index in [9.17, 15) is 27.6 Å². The largest absolute Gasteiger partial charge is 0.416 e. The van der Waals surface area contributed by atoms with E-state index >= 15 is 0 Å². The van der Waals surface area contributed by atoms with E-state index in [2.05, 4.69) is 10.3 Å². The molecule has 2 aromatic heterocycles. The van der Waals surface area contributed by atoms with E-state index in [1.165, 1.54) is 11.3 Å². The molecule has 0 saturated carbocycles. The predicted molar refractivity (Wildman–Crippen MR) is 94.1 cm³/mol. The maximum atomic E-state index is 12.6. The highest BCUT2D eigenvalue weighted by Gasteiger charge is 2.30. The number of H-pyrrole nitrogens is 1. The molecule has 1 aromatic carbocycles. The van der Waals surface area contributed by atoms with Crippen molar-refractivity contribution < 1.29 is 18.0 Å². The normalized spacial score (nSPS) is 11.4. The number of carbonyl (C=O) groups excluding carboxylic acids is 1. The lowest BCUT2D eigenvalue weighted by molar-refractivity contribution is -0.137. The molecule has 0 aliphatic carbocycles. The fourth-order valence-electron chi connectivity index (χ4n) is 2.32. The second-order valence-electron chi connectivity index (χ2n) is 5.51. The van der Waals surface area contributed by atoms with Crippen molar-refractivity contribution in [2.45, 2.75) is 12.7 Å². The topological polar surface area (TPSA) is 84.0 Å². The van der Waals surface area contributed by atoms with Crippen LogP contribution in [0.5, 0.6) is 0 Å². The van der Waals surface area contributed by atoms with Crippen LogP contribution in [0, 0.1) is 0 Å². The summed E-state index contributed by atoms with van der Waals surface area (Å²) < 4.78 is 38.6. The molecule has 6 nitrogen and oxygen atoms in total. The third-order valence-corrected chi connectivity index (χ3v) is 4.53. The van der Waals surface area contributed by atoms with Crippen LogP contribution in [0.15, 0.2) is 57.6 Å². The molecule has 0 aliphatic heterocycles. The number of rotatable bonds is 4. The minimum absolute atomic E-state index is 0.00718. The average Bonchev–Trinajstić information content (AvgIpc) is 3.11. The van der Waals surface area contributed by atoms with E-state index in [0.29, 0.717) is 0 Å². The van der Waals surface area contributed by atoms with Crippen LogP contribution >= 0.6 is 11.3 Å². The monoisotopic (exact) mass is 395 g/mol. The lowest BCUT2D eigenvalue weighted by Crippen LogP contribution is -2.39. The van der Waals surface area contributed by atoms with Gasteiger partial charge in [-0.15, -0.1) is 11.3 Å². The van der Waals surface area contributed by atoms with Gasteiger partial charge in [-0.05, 0) is 35.7 Å². The number of carbonyl (C=O) groups is 1. The lowest BCUT2D eigenvalue weighted by atomic mass is 10.2. The van der Waals surface area contributed by atoms with Crippen LogP contribution in [0.4, 0.5) is 18.9 Å². The third kappa shape index (κ3) is 4.17. The molecule has 2 heterocycles. The van der Waals surface area contributed by atoms with Crippen LogP contribution in [0.25, 0.3) is 0 Å². The highest BCUT2D eigenvalue weighted by Crippen LogP contribution is 2.29. The molecule has 0 saturated heterocycles. The Labute approximate surface area is 153 Å². The number of halogens is 3. The number of nitrogens with one attached hydrogen (secondary N) is 2. The second-order valence-corrected chi connectivity index (χ2v) is 6.54. The maximum Gasteiger partial charge on any atom is 0.416 e. The highest BCUT2D eigenvalue weighted by molar-refractivity contribution is 7.09. The first kappa shape index (κ1) is 18.6. The van der Waals surface area contributed by atoms with Gasteiger partial charge in [-0.25, -0.2) is 4.79 Å². The Balaban J connectivity index is 1.85. The van der Waals surface area contributed by atoms with Crippen LogP contribution in [-0.2, 0) is 12.7 Å². The van der Waals surface area contributed by atoms with Gasteiger partial charge in [0.05, 0.1) is 12.1 Å². The van der Waals surface area contributed by atoms with Gasteiger partial charge in [-0.1, -0.05) is 6.07 Å². The summed E-state index contributed by atoms with van der Waals surface area (Å²) in [5.74, 6) is -0.837. The number of aromatic amines is 1. The summed E-state index contributed by atoms with van der Waals surface area (Å²) in [5, 5.41) is 4.13. The molecule has 3 aromatic rings. The Hall–Kier alpha value is -3.14. The van der Waals surface area contributed by atoms with E-state index in [-0.39, 0.29) is 17.8 Å². The first-order valence-electron chi connectivity index (χ1n) is 7.59. The Kier molecular flexibility index (Phi) is 5.00. The van der Waals surface area contributed by atoms with Crippen LogP contribution in [0.3, 0.4) is 0 Å². The zero-order chi connectivity index (χ0) is 19.6. The van der Waals surface area contributed by atoms with Crippen LogP contribution in [0.2, 0.25) is 0 Å². The van der Waals surface area contributed by atoms with Crippen LogP contribution in [0.1, 0.15) is 20.8 Å². The molecular formula is C17H12F3N3O3S. The molecule has 0 bridgehead atoms. The van der Waals surface area contributed by atoms with Gasteiger partial charge in [0.25, 0.3) is 11.5 Å². The molecule has 0 unspecified atom stereocenters. The van der Waals surface area contributed by atoms with Gasteiger partial charge in [0, 0.05) is 16.8 Å². The average molecular weight is 395 g/mol. The van der Waals surface area contributed by atoms with Crippen LogP contribution < -0.4 is 16.6 Å². The third-order valence-electron chi connectivity index (χ3n) is 3.67. The Bertz CT molecular complexity index is 1070. The molecule has 0 radical (unpaired) electrons. The number of thiophene rings is 1. The smallest absolute Gasteiger partial charge is 0.322 e. The molecule has 0 atom stereocenters. The van der Waals surface area contributed by atoms with Crippen molar-refractivity contribution in [1.29, 1.82) is 0 Å². The molecule has 2 N–H and O–H groups in total. The summed E-state index contributed by atoms with van der Waals surface area (Å²) in [6.45, 7) is 0.00718. The lowest BCUT2D eigenvalue weighted by Gasteiger charge is -2.09. The molecular weight excluding hydrogens is 383 g/mol. The number of anilines is 1. The zero-order valence-electron chi connectivity index (χ0n) is 13.5. The molecule has 27 heavy (non-hydrogen) atoms. The molecule has 0 fully saturated rings. The number of nitrogens with zero attached hydrogens (tertiary/aromatic N) is 1. The molecule has 3 rings (SSSR count). The van der Waals surface area contributed by atoms with Crippen molar-refractivity contribution in [3.05, 3.63) is 84.8 Å². The SMILES string of the molecule is O=C(Nc1ccc(C(F)(F)F)cc1)c1c[nH]c(=O)n(Cc2cccs2)c1=O. The van der Waals surface area contributed by atoms with Crippen LogP contribution in [-0.4, -0.2) is 15.5 Å². The Morgan fingerprint density at radius 3 is 2.44 bits per heavy atom. The number of alkyl halides is 3. The van der Waals surface area contributed by atoms with Gasteiger partial charge in [-0.3, -0.25) is 14.2 Å². The van der Waals surface area contributed by atoms with Crippen molar-refractivity contribution in [1.82, 2.24) is 9.55 Å². The van der Waals surface area contributed by atoms with E-state index in [4.69, 9.17) is 0 Å². The summed E-state index contributed by atoms with van der Waals surface area (Å²) in [4.78, 5) is 39.8. The quantitative estimate of drug-likeness (QED) is 0.713. The fraction of sp³-hybridized carbons (Fsp3) is 0.118. The standard InChI is InChI=1S/C17H12F3N3O3S/c18-17(19,20)10-3-5-11(6-4-10)22-14(24)13-8-21-16(26)23(15(13)25)9-12-2-1-7-27-12/h1-8H,9H2,(H,21,26)(H,22,24). The van der Waals surface area contributed by atoms with Crippen molar-refractivity contribution in [2.24, 2.45) is 0 Å². The summed E-state index contributed by atoms with van der Waals surface area (Å²) >= 11 is 1.35. The zero-order valence-corrected chi connectivity index (χ0v) is 14.4. The van der Waals surface area contributed by atoms with Gasteiger partial charge in [0.2, 0.25) is 0 Å². The maximum absolute atomic E-state index is 12.6. The van der Waals surface area contributed by atoms with E-state index in [0.717, 1.165) is 39.9 Å². The minimum Gasteiger partial charge on any atom is -0.322 e. The fourth-order valence-corrected chi connectivity index (χ4v) is 3.01. The van der Waals surface area contributed by atoms with E-state index < -0.39 is 28.9 Å². The second kappa shape index (κ2) is 7.23. The summed E-state index contributed by atoms with van der Waals surface area (Å²) in [5.41, 5.74) is -2.56. The molecule has 0 spiro atoms. The van der Waals surface area contributed by atoms with Gasteiger partial charge in [0.15, 0.2) is 0 Å². The highest BCUT2D eigenvalue weighted by atomic mass is 32.1. The minimum atomic E-state index is -4.49. The number of benzene rings is 1. The number of hydrogen-bond donors (Lipinski definition) is 2. The number of aromatic nitrogens is 2. The van der Waals surface area contributed by atoms with Crippen molar-refractivity contribution in [2.75, 3.05) is 5.32 Å². The molecule has 1 amide bonds. The van der Waals surface area contributed by atoms with E-state index in [1.807, 2.05) is 0 Å². The van der Waals surface area contributed by atoms with Gasteiger partial charge < -0.3 is 10.3 Å². The Morgan fingerprint density at radius 1 is 1.15 bits per heavy atom. The first-order valence-corrected chi connectivity index (χ1v) is 8.47. The summed E-state index contributed by atoms with van der Waals surface area (Å²) in [6.07, 6.45) is -3.51.